The number of nitrogens with one attached hydrogen (secondary N) is 1. The Morgan fingerprint density at radius 1 is 1.35 bits per heavy atom. The standard InChI is InChI=1S/C12H24N4O/c1-5-7-17-8-6-16-11(13-10-15-16)9-14-12(2,3)4/h10,14H,5-9H2,1-4H3. The summed E-state index contributed by atoms with van der Waals surface area (Å²) in [7, 11) is 0. The van der Waals surface area contributed by atoms with Gasteiger partial charge in [-0.3, -0.25) is 0 Å². The summed E-state index contributed by atoms with van der Waals surface area (Å²) in [6, 6.07) is 0. The molecule has 0 spiro atoms. The fraction of sp³-hybridized carbons (Fsp3) is 0.833. The second-order valence-electron chi connectivity index (χ2n) is 5.12. The summed E-state index contributed by atoms with van der Waals surface area (Å²) in [5.41, 5.74) is 0.0927. The van der Waals surface area contributed by atoms with Gasteiger partial charge in [-0.15, -0.1) is 0 Å². The van der Waals surface area contributed by atoms with Crippen LogP contribution < -0.4 is 5.32 Å². The Balaban J connectivity index is 2.37. The smallest absolute Gasteiger partial charge is 0.140 e. The van der Waals surface area contributed by atoms with E-state index < -0.39 is 0 Å². The van der Waals surface area contributed by atoms with Crippen LogP contribution >= 0.6 is 0 Å². The molecule has 5 nitrogen and oxygen atoms in total. The Labute approximate surface area is 104 Å². The van der Waals surface area contributed by atoms with E-state index in [9.17, 15) is 0 Å². The van der Waals surface area contributed by atoms with Crippen LogP contribution in [0.15, 0.2) is 6.33 Å². The summed E-state index contributed by atoms with van der Waals surface area (Å²) in [5.74, 6) is 0.958. The van der Waals surface area contributed by atoms with Crippen LogP contribution in [0.1, 0.15) is 39.9 Å². The molecule has 0 aliphatic carbocycles. The lowest BCUT2D eigenvalue weighted by molar-refractivity contribution is 0.123. The van der Waals surface area contributed by atoms with Gasteiger partial charge < -0.3 is 10.1 Å². The molecule has 98 valence electrons. The molecule has 0 aliphatic rings. The summed E-state index contributed by atoms with van der Waals surface area (Å²) in [4.78, 5) is 4.25. The maximum Gasteiger partial charge on any atom is 0.140 e. The van der Waals surface area contributed by atoms with Gasteiger partial charge in [-0.1, -0.05) is 6.92 Å². The molecule has 0 atom stereocenters. The van der Waals surface area contributed by atoms with Crippen LogP contribution in [0, 0.1) is 0 Å². The molecule has 0 saturated carbocycles. The number of nitrogens with zero attached hydrogens (tertiary/aromatic N) is 3. The van der Waals surface area contributed by atoms with Crippen LogP contribution in [0.25, 0.3) is 0 Å². The van der Waals surface area contributed by atoms with Gasteiger partial charge in [-0.25, -0.2) is 9.67 Å². The van der Waals surface area contributed by atoms with Crippen molar-refractivity contribution >= 4 is 0 Å². The summed E-state index contributed by atoms with van der Waals surface area (Å²) in [6.45, 7) is 11.5. The molecule has 0 amide bonds. The Kier molecular flexibility index (Phi) is 5.58. The van der Waals surface area contributed by atoms with Gasteiger partial charge in [-0.05, 0) is 27.2 Å². The number of rotatable bonds is 7. The topological polar surface area (TPSA) is 52.0 Å². The first-order valence-electron chi connectivity index (χ1n) is 6.22. The van der Waals surface area contributed by atoms with Gasteiger partial charge in [0.2, 0.25) is 0 Å². The van der Waals surface area contributed by atoms with E-state index >= 15 is 0 Å². The lowest BCUT2D eigenvalue weighted by Crippen LogP contribution is -2.36. The Morgan fingerprint density at radius 3 is 2.76 bits per heavy atom. The van der Waals surface area contributed by atoms with E-state index in [-0.39, 0.29) is 5.54 Å². The van der Waals surface area contributed by atoms with Crippen LogP contribution in [0.5, 0.6) is 0 Å². The van der Waals surface area contributed by atoms with Gasteiger partial charge in [0.1, 0.15) is 12.2 Å². The molecule has 1 rings (SSSR count). The molecular formula is C12H24N4O. The van der Waals surface area contributed by atoms with Crippen molar-refractivity contribution in [1.82, 2.24) is 20.1 Å². The van der Waals surface area contributed by atoms with Crippen LogP contribution in [-0.2, 0) is 17.8 Å². The molecule has 0 unspecified atom stereocenters. The number of ether oxygens (including phenoxy) is 1. The fourth-order valence-corrected chi connectivity index (χ4v) is 1.35. The highest BCUT2D eigenvalue weighted by Gasteiger charge is 2.11. The van der Waals surface area contributed by atoms with Crippen molar-refractivity contribution in [1.29, 1.82) is 0 Å². The van der Waals surface area contributed by atoms with Gasteiger partial charge in [0.25, 0.3) is 0 Å². The third-order valence-corrected chi connectivity index (χ3v) is 2.27. The summed E-state index contributed by atoms with van der Waals surface area (Å²) >= 11 is 0. The zero-order chi connectivity index (χ0) is 12.7. The third-order valence-electron chi connectivity index (χ3n) is 2.27. The molecule has 0 fully saturated rings. The van der Waals surface area contributed by atoms with Crippen LogP contribution in [-0.4, -0.2) is 33.5 Å². The largest absolute Gasteiger partial charge is 0.380 e. The van der Waals surface area contributed by atoms with Crippen molar-refractivity contribution in [3.63, 3.8) is 0 Å². The van der Waals surface area contributed by atoms with Crippen molar-refractivity contribution in [2.75, 3.05) is 13.2 Å². The van der Waals surface area contributed by atoms with Gasteiger partial charge in [0.15, 0.2) is 0 Å². The molecule has 1 aromatic rings. The first kappa shape index (κ1) is 14.1. The molecule has 1 N–H and O–H groups in total. The number of aromatic nitrogens is 3. The SMILES string of the molecule is CCCOCCn1ncnc1CNC(C)(C)C. The molecule has 0 aromatic carbocycles. The maximum absolute atomic E-state index is 5.45. The highest BCUT2D eigenvalue weighted by molar-refractivity contribution is 4.86. The van der Waals surface area contributed by atoms with E-state index in [2.05, 4.69) is 43.1 Å². The molecule has 0 radical (unpaired) electrons. The van der Waals surface area contributed by atoms with Crippen molar-refractivity contribution in [2.24, 2.45) is 0 Å². The quantitative estimate of drug-likeness (QED) is 0.735. The minimum Gasteiger partial charge on any atom is -0.380 e. The zero-order valence-electron chi connectivity index (χ0n) is 11.4. The highest BCUT2D eigenvalue weighted by atomic mass is 16.5. The second kappa shape index (κ2) is 6.71. The Morgan fingerprint density at radius 2 is 2.12 bits per heavy atom. The van der Waals surface area contributed by atoms with E-state index in [1.807, 2.05) is 4.68 Å². The number of hydrogen-bond acceptors (Lipinski definition) is 4. The molecule has 17 heavy (non-hydrogen) atoms. The fourth-order valence-electron chi connectivity index (χ4n) is 1.35. The van der Waals surface area contributed by atoms with E-state index in [1.54, 1.807) is 6.33 Å². The molecule has 0 saturated heterocycles. The third kappa shape index (κ3) is 5.79. The van der Waals surface area contributed by atoms with Gasteiger partial charge in [-0.2, -0.15) is 5.10 Å². The minimum atomic E-state index is 0.0927. The monoisotopic (exact) mass is 240 g/mol. The van der Waals surface area contributed by atoms with Crippen LogP contribution in [0.3, 0.4) is 0 Å². The molecular weight excluding hydrogens is 216 g/mol. The lowest BCUT2D eigenvalue weighted by Gasteiger charge is -2.20. The van der Waals surface area contributed by atoms with Gasteiger partial charge >= 0.3 is 0 Å². The van der Waals surface area contributed by atoms with Crippen molar-refractivity contribution < 1.29 is 4.74 Å². The van der Waals surface area contributed by atoms with E-state index in [0.29, 0.717) is 6.61 Å². The molecule has 1 heterocycles. The maximum atomic E-state index is 5.45. The molecule has 5 heteroatoms. The van der Waals surface area contributed by atoms with E-state index in [4.69, 9.17) is 4.74 Å². The normalized spacial score (nSPS) is 12.0. The van der Waals surface area contributed by atoms with Gasteiger partial charge in [0, 0.05) is 12.1 Å². The summed E-state index contributed by atoms with van der Waals surface area (Å²) < 4.78 is 7.34. The Hall–Kier alpha value is -0.940. The summed E-state index contributed by atoms with van der Waals surface area (Å²) in [6.07, 6.45) is 2.65. The highest BCUT2D eigenvalue weighted by Crippen LogP contribution is 2.02. The second-order valence-corrected chi connectivity index (χ2v) is 5.12. The van der Waals surface area contributed by atoms with E-state index in [0.717, 1.165) is 31.9 Å². The van der Waals surface area contributed by atoms with Gasteiger partial charge in [0.05, 0.1) is 19.7 Å². The molecule has 0 bridgehead atoms. The van der Waals surface area contributed by atoms with Crippen LogP contribution in [0.4, 0.5) is 0 Å². The van der Waals surface area contributed by atoms with E-state index in [1.165, 1.54) is 0 Å². The average Bonchev–Trinajstić information content (AvgIpc) is 2.68. The predicted octanol–water partition coefficient (Wildman–Crippen LogP) is 1.59. The Bertz CT molecular complexity index is 317. The molecule has 0 aliphatic heterocycles. The van der Waals surface area contributed by atoms with Crippen molar-refractivity contribution in [2.45, 2.75) is 52.7 Å². The lowest BCUT2D eigenvalue weighted by atomic mass is 10.1. The summed E-state index contributed by atoms with van der Waals surface area (Å²) in [5, 5.41) is 7.60. The average molecular weight is 240 g/mol. The first-order valence-corrected chi connectivity index (χ1v) is 6.22. The first-order chi connectivity index (χ1) is 8.03. The minimum absolute atomic E-state index is 0.0927. The van der Waals surface area contributed by atoms with Crippen molar-refractivity contribution in [3.8, 4) is 0 Å². The molecule has 1 aromatic heterocycles. The predicted molar refractivity (Wildman–Crippen MR) is 67.7 cm³/mol. The zero-order valence-corrected chi connectivity index (χ0v) is 11.4. The van der Waals surface area contributed by atoms with Crippen LogP contribution in [0.2, 0.25) is 0 Å². The van der Waals surface area contributed by atoms with Crippen molar-refractivity contribution in [3.05, 3.63) is 12.2 Å². The number of hydrogen-bond donors (Lipinski definition) is 1.